The molecule has 0 amide bonds. The van der Waals surface area contributed by atoms with Crippen molar-refractivity contribution >= 4 is 32.4 Å². The third kappa shape index (κ3) is 2.21. The third-order valence-electron chi connectivity index (χ3n) is 1.68. The molecule has 3 nitrogen and oxygen atoms in total. The van der Waals surface area contributed by atoms with Crippen molar-refractivity contribution in [2.75, 3.05) is 0 Å². The van der Waals surface area contributed by atoms with Gasteiger partial charge in [-0.3, -0.25) is 0 Å². The summed E-state index contributed by atoms with van der Waals surface area (Å²) >= 11 is 4.00. The fraction of sp³-hybridized carbons (Fsp3) is 0.125. The molecule has 0 aliphatic heterocycles. The molecule has 0 aliphatic carbocycles. The van der Waals surface area contributed by atoms with E-state index >= 15 is 0 Å². The number of aryl methyl sites for hydroxylation is 1. The summed E-state index contributed by atoms with van der Waals surface area (Å²) in [6.07, 6.45) is 0. The normalized spacial score (nSPS) is 11.0. The van der Waals surface area contributed by atoms with Gasteiger partial charge in [0.2, 0.25) is 0 Å². The Bertz CT molecular complexity index is 494. The third-order valence-corrected chi connectivity index (χ3v) is 3.37. The molecule has 6 heteroatoms. The topological polar surface area (TPSA) is 57.9 Å². The van der Waals surface area contributed by atoms with E-state index in [0.29, 0.717) is 16.0 Å². The number of thiol groups is 1. The highest BCUT2D eigenvalue weighted by molar-refractivity contribution is 8.13. The molecule has 1 aromatic rings. The Morgan fingerprint density at radius 1 is 1.50 bits per heavy atom. The van der Waals surface area contributed by atoms with E-state index in [1.807, 2.05) is 6.07 Å². The highest BCUT2D eigenvalue weighted by Crippen LogP contribution is 2.24. The molecule has 74 valence electrons. The average molecular weight is 248 g/mol. The van der Waals surface area contributed by atoms with Crippen molar-refractivity contribution in [3.05, 3.63) is 23.3 Å². The minimum atomic E-state index is -3.76. The van der Waals surface area contributed by atoms with Crippen LogP contribution in [0.5, 0.6) is 0 Å². The van der Waals surface area contributed by atoms with E-state index in [1.54, 1.807) is 6.92 Å². The SMILES string of the molecule is Cc1cc(S(=O)(=O)Cl)cc(S)c1C#N. The molecule has 0 heterocycles. The van der Waals surface area contributed by atoms with Gasteiger partial charge < -0.3 is 0 Å². The maximum atomic E-state index is 11.0. The monoisotopic (exact) mass is 247 g/mol. The Labute approximate surface area is 92.1 Å². The Hall–Kier alpha value is -0.700. The second kappa shape index (κ2) is 3.81. The fourth-order valence-electron chi connectivity index (χ4n) is 1.02. The zero-order valence-electron chi connectivity index (χ0n) is 7.15. The van der Waals surface area contributed by atoms with Crippen LogP contribution >= 0.6 is 23.3 Å². The zero-order valence-corrected chi connectivity index (χ0v) is 9.62. The Balaban J connectivity index is 3.53. The number of nitrogens with zero attached hydrogens (tertiary/aromatic N) is 1. The van der Waals surface area contributed by atoms with E-state index in [1.165, 1.54) is 12.1 Å². The van der Waals surface area contributed by atoms with Gasteiger partial charge in [-0.25, -0.2) is 8.42 Å². The molecule has 0 saturated heterocycles. The summed E-state index contributed by atoms with van der Waals surface area (Å²) in [5, 5.41) is 8.71. The molecular formula is C8H6ClNO2S2. The van der Waals surface area contributed by atoms with E-state index in [4.69, 9.17) is 15.9 Å². The lowest BCUT2D eigenvalue weighted by atomic mass is 10.1. The molecule has 14 heavy (non-hydrogen) atoms. The van der Waals surface area contributed by atoms with Crippen molar-refractivity contribution in [1.82, 2.24) is 0 Å². The van der Waals surface area contributed by atoms with E-state index in [0.717, 1.165) is 0 Å². The Morgan fingerprint density at radius 3 is 2.43 bits per heavy atom. The quantitative estimate of drug-likeness (QED) is 0.611. The van der Waals surface area contributed by atoms with E-state index < -0.39 is 9.05 Å². The first-order chi connectivity index (χ1) is 6.36. The van der Waals surface area contributed by atoms with Crippen LogP contribution < -0.4 is 0 Å². The van der Waals surface area contributed by atoms with Crippen molar-refractivity contribution in [3.63, 3.8) is 0 Å². The van der Waals surface area contributed by atoms with Crippen molar-refractivity contribution in [2.24, 2.45) is 0 Å². The maximum absolute atomic E-state index is 11.0. The van der Waals surface area contributed by atoms with Gasteiger partial charge in [-0.05, 0) is 24.6 Å². The van der Waals surface area contributed by atoms with Crippen LogP contribution in [0.4, 0.5) is 0 Å². The molecular weight excluding hydrogens is 242 g/mol. The van der Waals surface area contributed by atoms with Gasteiger partial charge in [0.15, 0.2) is 0 Å². The molecule has 0 bridgehead atoms. The van der Waals surface area contributed by atoms with Gasteiger partial charge >= 0.3 is 0 Å². The summed E-state index contributed by atoms with van der Waals surface area (Å²) in [6, 6.07) is 4.54. The summed E-state index contributed by atoms with van der Waals surface area (Å²) in [6.45, 7) is 1.63. The molecule has 0 spiro atoms. The Kier molecular flexibility index (Phi) is 3.10. The van der Waals surface area contributed by atoms with Crippen molar-refractivity contribution < 1.29 is 8.42 Å². The minimum absolute atomic E-state index is 0.0410. The van der Waals surface area contributed by atoms with E-state index in [9.17, 15) is 8.42 Å². The Morgan fingerprint density at radius 2 is 2.07 bits per heavy atom. The first-order valence-corrected chi connectivity index (χ1v) is 6.30. The smallest absolute Gasteiger partial charge is 0.207 e. The van der Waals surface area contributed by atoms with Crippen LogP contribution in [0.2, 0.25) is 0 Å². The molecule has 0 unspecified atom stereocenters. The van der Waals surface area contributed by atoms with Crippen LogP contribution in [0.25, 0.3) is 0 Å². The molecule has 0 radical (unpaired) electrons. The number of halogens is 1. The molecule has 0 fully saturated rings. The zero-order chi connectivity index (χ0) is 10.9. The summed E-state index contributed by atoms with van der Waals surface area (Å²) in [5.74, 6) is 0. The van der Waals surface area contributed by atoms with Crippen LogP contribution in [0.1, 0.15) is 11.1 Å². The lowest BCUT2D eigenvalue weighted by Gasteiger charge is -2.03. The lowest BCUT2D eigenvalue weighted by molar-refractivity contribution is 0.609. The molecule has 1 rings (SSSR count). The second-order valence-corrected chi connectivity index (χ2v) is 5.73. The molecule has 0 atom stereocenters. The van der Waals surface area contributed by atoms with Gasteiger partial charge in [-0.1, -0.05) is 0 Å². The van der Waals surface area contributed by atoms with Crippen LogP contribution in [0.3, 0.4) is 0 Å². The molecule has 1 aromatic carbocycles. The highest BCUT2D eigenvalue weighted by atomic mass is 35.7. The predicted octanol–water partition coefficient (Wildman–Crippen LogP) is 2.08. The van der Waals surface area contributed by atoms with Crippen LogP contribution in [-0.4, -0.2) is 8.42 Å². The second-order valence-electron chi connectivity index (χ2n) is 2.68. The van der Waals surface area contributed by atoms with Crippen molar-refractivity contribution in [2.45, 2.75) is 16.7 Å². The number of rotatable bonds is 1. The molecule has 0 N–H and O–H groups in total. The van der Waals surface area contributed by atoms with E-state index in [-0.39, 0.29) is 4.90 Å². The van der Waals surface area contributed by atoms with Gasteiger partial charge in [0.1, 0.15) is 6.07 Å². The highest BCUT2D eigenvalue weighted by Gasteiger charge is 2.13. The minimum Gasteiger partial charge on any atom is -0.207 e. The summed E-state index contributed by atoms with van der Waals surface area (Å²) < 4.78 is 22.0. The fourth-order valence-corrected chi connectivity index (χ4v) is 2.32. The number of hydrogen-bond acceptors (Lipinski definition) is 4. The van der Waals surface area contributed by atoms with Gasteiger partial charge in [0.25, 0.3) is 9.05 Å². The average Bonchev–Trinajstić information content (AvgIpc) is 2.01. The number of benzene rings is 1. The van der Waals surface area contributed by atoms with Crippen LogP contribution in [0, 0.1) is 18.3 Å². The van der Waals surface area contributed by atoms with Crippen molar-refractivity contribution in [1.29, 1.82) is 5.26 Å². The standard InChI is InChI=1S/C8H6ClNO2S2/c1-5-2-6(14(9,11)12)3-8(13)7(5)4-10/h2-3,13H,1H3. The van der Waals surface area contributed by atoms with Gasteiger partial charge in [0.05, 0.1) is 10.5 Å². The van der Waals surface area contributed by atoms with Crippen LogP contribution in [0.15, 0.2) is 21.9 Å². The number of hydrogen-bond donors (Lipinski definition) is 1. The summed E-state index contributed by atoms with van der Waals surface area (Å²) in [5.41, 5.74) is 0.900. The van der Waals surface area contributed by atoms with Crippen molar-refractivity contribution in [3.8, 4) is 6.07 Å². The van der Waals surface area contributed by atoms with Gasteiger partial charge in [-0.2, -0.15) is 5.26 Å². The largest absolute Gasteiger partial charge is 0.261 e. The van der Waals surface area contributed by atoms with Crippen LogP contribution in [-0.2, 0) is 9.05 Å². The summed E-state index contributed by atoms with van der Waals surface area (Å²) in [4.78, 5) is 0.271. The van der Waals surface area contributed by atoms with Gasteiger partial charge in [-0.15, -0.1) is 12.6 Å². The summed E-state index contributed by atoms with van der Waals surface area (Å²) in [7, 11) is 1.39. The molecule has 0 saturated carbocycles. The van der Waals surface area contributed by atoms with Gasteiger partial charge in [0, 0.05) is 15.6 Å². The number of nitriles is 1. The predicted molar refractivity (Wildman–Crippen MR) is 56.2 cm³/mol. The maximum Gasteiger partial charge on any atom is 0.261 e. The molecule has 0 aliphatic rings. The first kappa shape index (κ1) is 11.4. The van der Waals surface area contributed by atoms with E-state index in [2.05, 4.69) is 12.6 Å². The molecule has 0 aromatic heterocycles. The lowest BCUT2D eigenvalue weighted by Crippen LogP contribution is -1.94. The first-order valence-electron chi connectivity index (χ1n) is 3.54.